The summed E-state index contributed by atoms with van der Waals surface area (Å²) in [6.07, 6.45) is 8.37. The van der Waals surface area contributed by atoms with Gasteiger partial charge in [0.15, 0.2) is 0 Å². The van der Waals surface area contributed by atoms with E-state index in [0.29, 0.717) is 0 Å². The molecule has 0 aliphatic rings. The Bertz CT molecular complexity index is 193. The van der Waals surface area contributed by atoms with Gasteiger partial charge >= 0.3 is 0 Å². The average Bonchev–Trinajstić information content (AvgIpc) is 2.27. The highest BCUT2D eigenvalue weighted by molar-refractivity contribution is 4.91. The smallest absolute Gasteiger partial charge is 0.0683 e. The largest absolute Gasteiger partial charge is 0.381 e. The first-order chi connectivity index (χ1) is 7.62. The summed E-state index contributed by atoms with van der Waals surface area (Å²) in [6.45, 7) is 7.89. The van der Waals surface area contributed by atoms with Crippen LogP contribution in [-0.4, -0.2) is 13.2 Å². The standard InChI is InChI=1S/C14H27NO/c1-4-5-6-7-8-11-16-12-9-10-14(2,3)13-15/h4-12H2,1-3H3. The van der Waals surface area contributed by atoms with E-state index in [2.05, 4.69) is 13.0 Å². The Morgan fingerprint density at radius 3 is 2.25 bits per heavy atom. The molecular formula is C14H27NO. The van der Waals surface area contributed by atoms with Crippen LogP contribution in [0.1, 0.15) is 65.7 Å². The monoisotopic (exact) mass is 225 g/mol. The van der Waals surface area contributed by atoms with Gasteiger partial charge in [-0.25, -0.2) is 0 Å². The van der Waals surface area contributed by atoms with Gasteiger partial charge in [0.25, 0.3) is 0 Å². The third-order valence-corrected chi connectivity index (χ3v) is 2.79. The molecule has 0 fully saturated rings. The van der Waals surface area contributed by atoms with Gasteiger partial charge in [-0.2, -0.15) is 5.26 Å². The maximum absolute atomic E-state index is 8.83. The van der Waals surface area contributed by atoms with Crippen LogP contribution in [0.25, 0.3) is 0 Å². The summed E-state index contributed by atoms with van der Waals surface area (Å²) in [5, 5.41) is 8.83. The maximum Gasteiger partial charge on any atom is 0.0683 e. The summed E-state index contributed by atoms with van der Waals surface area (Å²) in [7, 11) is 0. The molecule has 0 aliphatic carbocycles. The van der Waals surface area contributed by atoms with Crippen LogP contribution in [0.3, 0.4) is 0 Å². The second-order valence-electron chi connectivity index (χ2n) is 5.13. The minimum Gasteiger partial charge on any atom is -0.381 e. The summed E-state index contributed by atoms with van der Waals surface area (Å²) in [5.41, 5.74) is -0.190. The van der Waals surface area contributed by atoms with Crippen molar-refractivity contribution in [1.82, 2.24) is 0 Å². The first-order valence-corrected chi connectivity index (χ1v) is 6.61. The van der Waals surface area contributed by atoms with Gasteiger partial charge in [0, 0.05) is 13.2 Å². The molecule has 2 nitrogen and oxygen atoms in total. The number of rotatable bonds is 10. The highest BCUT2D eigenvalue weighted by atomic mass is 16.5. The zero-order chi connectivity index (χ0) is 12.3. The van der Waals surface area contributed by atoms with Crippen molar-refractivity contribution in [2.45, 2.75) is 65.7 Å². The fourth-order valence-electron chi connectivity index (χ4n) is 1.58. The van der Waals surface area contributed by atoms with Crippen LogP contribution in [0.15, 0.2) is 0 Å². The van der Waals surface area contributed by atoms with Crippen molar-refractivity contribution < 1.29 is 4.74 Å². The molecule has 0 saturated heterocycles. The summed E-state index contributed by atoms with van der Waals surface area (Å²) in [6, 6.07) is 2.31. The van der Waals surface area contributed by atoms with Gasteiger partial charge in [-0.3, -0.25) is 0 Å². The minimum absolute atomic E-state index is 0.190. The second-order valence-corrected chi connectivity index (χ2v) is 5.13. The highest BCUT2D eigenvalue weighted by Crippen LogP contribution is 2.20. The molecule has 0 saturated carbocycles. The molecule has 0 bridgehead atoms. The first-order valence-electron chi connectivity index (χ1n) is 6.61. The van der Waals surface area contributed by atoms with Crippen molar-refractivity contribution in [1.29, 1.82) is 5.26 Å². The Kier molecular flexibility index (Phi) is 9.33. The van der Waals surface area contributed by atoms with E-state index in [4.69, 9.17) is 10.00 Å². The molecule has 0 spiro atoms. The van der Waals surface area contributed by atoms with Gasteiger partial charge in [0.2, 0.25) is 0 Å². The Morgan fingerprint density at radius 2 is 1.62 bits per heavy atom. The molecule has 2 heteroatoms. The molecular weight excluding hydrogens is 198 g/mol. The Balaban J connectivity index is 3.14. The number of hydrogen-bond acceptors (Lipinski definition) is 2. The van der Waals surface area contributed by atoms with Crippen molar-refractivity contribution >= 4 is 0 Å². The van der Waals surface area contributed by atoms with Crippen LogP contribution < -0.4 is 0 Å². The summed E-state index contributed by atoms with van der Waals surface area (Å²) >= 11 is 0. The fourth-order valence-corrected chi connectivity index (χ4v) is 1.58. The lowest BCUT2D eigenvalue weighted by Gasteiger charge is -2.14. The van der Waals surface area contributed by atoms with E-state index < -0.39 is 0 Å². The van der Waals surface area contributed by atoms with Crippen LogP contribution in [0.4, 0.5) is 0 Å². The normalized spacial score (nSPS) is 11.4. The molecule has 0 aromatic heterocycles. The van der Waals surface area contributed by atoms with Gasteiger partial charge < -0.3 is 4.74 Å². The summed E-state index contributed by atoms with van der Waals surface area (Å²) in [5.74, 6) is 0. The van der Waals surface area contributed by atoms with E-state index in [0.717, 1.165) is 26.1 Å². The lowest BCUT2D eigenvalue weighted by Crippen LogP contribution is -2.09. The third-order valence-electron chi connectivity index (χ3n) is 2.79. The molecule has 16 heavy (non-hydrogen) atoms. The molecule has 94 valence electrons. The van der Waals surface area contributed by atoms with Crippen molar-refractivity contribution in [3.63, 3.8) is 0 Å². The van der Waals surface area contributed by atoms with E-state index in [-0.39, 0.29) is 5.41 Å². The zero-order valence-corrected chi connectivity index (χ0v) is 11.2. The lowest BCUT2D eigenvalue weighted by atomic mass is 9.90. The van der Waals surface area contributed by atoms with E-state index in [9.17, 15) is 0 Å². The molecule has 0 aromatic carbocycles. The lowest BCUT2D eigenvalue weighted by molar-refractivity contribution is 0.121. The number of hydrogen-bond donors (Lipinski definition) is 0. The maximum atomic E-state index is 8.83. The van der Waals surface area contributed by atoms with Gasteiger partial charge in [0.05, 0.1) is 11.5 Å². The summed E-state index contributed by atoms with van der Waals surface area (Å²) in [4.78, 5) is 0. The minimum atomic E-state index is -0.190. The predicted octanol–water partition coefficient (Wildman–Crippen LogP) is 4.30. The Labute approximate surface area is 101 Å². The van der Waals surface area contributed by atoms with Crippen molar-refractivity contribution in [2.75, 3.05) is 13.2 Å². The van der Waals surface area contributed by atoms with E-state index >= 15 is 0 Å². The third kappa shape index (κ3) is 9.98. The van der Waals surface area contributed by atoms with Crippen molar-refractivity contribution in [3.05, 3.63) is 0 Å². The van der Waals surface area contributed by atoms with Gasteiger partial charge in [-0.05, 0) is 33.1 Å². The van der Waals surface area contributed by atoms with E-state index in [1.165, 1.54) is 32.1 Å². The summed E-state index contributed by atoms with van der Waals surface area (Å²) < 4.78 is 5.54. The SMILES string of the molecule is CCCCCCCOCCCC(C)(C)C#N. The number of nitrogens with zero attached hydrogens (tertiary/aromatic N) is 1. The molecule has 0 aliphatic heterocycles. The zero-order valence-electron chi connectivity index (χ0n) is 11.2. The molecule has 0 atom stereocenters. The number of unbranched alkanes of at least 4 members (excludes halogenated alkanes) is 4. The van der Waals surface area contributed by atoms with Gasteiger partial charge in [-0.15, -0.1) is 0 Å². The Hall–Kier alpha value is -0.550. The molecule has 0 rings (SSSR count). The average molecular weight is 225 g/mol. The topological polar surface area (TPSA) is 33.0 Å². The molecule has 0 unspecified atom stereocenters. The van der Waals surface area contributed by atoms with Crippen LogP contribution >= 0.6 is 0 Å². The van der Waals surface area contributed by atoms with Crippen LogP contribution in [0, 0.1) is 16.7 Å². The first kappa shape index (κ1) is 15.4. The van der Waals surface area contributed by atoms with Crippen molar-refractivity contribution in [2.24, 2.45) is 5.41 Å². The molecule has 0 radical (unpaired) electrons. The second kappa shape index (κ2) is 9.66. The fraction of sp³-hybridized carbons (Fsp3) is 0.929. The molecule has 0 N–H and O–H groups in total. The molecule has 0 amide bonds. The van der Waals surface area contributed by atoms with Crippen LogP contribution in [-0.2, 0) is 4.74 Å². The Morgan fingerprint density at radius 1 is 1.00 bits per heavy atom. The van der Waals surface area contributed by atoms with Gasteiger partial charge in [0.1, 0.15) is 0 Å². The van der Waals surface area contributed by atoms with Crippen LogP contribution in [0.5, 0.6) is 0 Å². The number of ether oxygens (including phenoxy) is 1. The quantitative estimate of drug-likeness (QED) is 0.519. The van der Waals surface area contributed by atoms with Crippen molar-refractivity contribution in [3.8, 4) is 6.07 Å². The highest BCUT2D eigenvalue weighted by Gasteiger charge is 2.15. The van der Waals surface area contributed by atoms with Gasteiger partial charge in [-0.1, -0.05) is 32.6 Å². The molecule has 0 aromatic rings. The van der Waals surface area contributed by atoms with Crippen LogP contribution in [0.2, 0.25) is 0 Å². The van der Waals surface area contributed by atoms with E-state index in [1.54, 1.807) is 0 Å². The molecule has 0 heterocycles. The van der Waals surface area contributed by atoms with E-state index in [1.807, 2.05) is 13.8 Å². The number of nitriles is 1. The predicted molar refractivity (Wildman–Crippen MR) is 68.2 cm³/mol.